The Labute approximate surface area is 185 Å². The summed E-state index contributed by atoms with van der Waals surface area (Å²) in [6, 6.07) is 12.3. The van der Waals surface area contributed by atoms with Crippen molar-refractivity contribution < 1.29 is 23.8 Å². The summed E-state index contributed by atoms with van der Waals surface area (Å²) in [5.74, 6) is 0.812. The molecule has 0 aromatic heterocycles. The van der Waals surface area contributed by atoms with Crippen molar-refractivity contribution in [3.8, 4) is 11.5 Å². The van der Waals surface area contributed by atoms with Crippen molar-refractivity contribution in [1.29, 1.82) is 0 Å². The van der Waals surface area contributed by atoms with E-state index in [4.69, 9.17) is 14.2 Å². The Kier molecular flexibility index (Phi) is 7.74. The Morgan fingerprint density at radius 3 is 2.47 bits per heavy atom. The number of methoxy groups -OCH3 is 2. The van der Waals surface area contributed by atoms with E-state index in [1.807, 2.05) is 30.3 Å². The standard InChI is InChI=1S/C23H26BrNO5/c1-28-20-11-6-16(15-21(20)29-2)12-14-30-23(27)19-5-3-4-13-25(19)22(26)17-7-9-18(24)10-8-17/h6-11,15,19H,3-5,12-14H2,1-2H3. The number of carbonyl (C=O) groups is 2. The molecule has 1 aliphatic heterocycles. The van der Waals surface area contributed by atoms with Crippen LogP contribution in [0, 0.1) is 0 Å². The highest BCUT2D eigenvalue weighted by molar-refractivity contribution is 9.10. The average Bonchev–Trinajstić information content (AvgIpc) is 2.78. The van der Waals surface area contributed by atoms with Crippen molar-refractivity contribution >= 4 is 27.8 Å². The maximum atomic E-state index is 12.9. The molecule has 6 nitrogen and oxygen atoms in total. The first kappa shape index (κ1) is 22.2. The van der Waals surface area contributed by atoms with Crippen LogP contribution in [0.1, 0.15) is 35.2 Å². The first-order valence-electron chi connectivity index (χ1n) is 9.97. The molecule has 7 heteroatoms. The highest BCUT2D eigenvalue weighted by Crippen LogP contribution is 2.28. The number of rotatable bonds is 7. The number of ether oxygens (including phenoxy) is 3. The topological polar surface area (TPSA) is 65.1 Å². The number of piperidine rings is 1. The van der Waals surface area contributed by atoms with E-state index >= 15 is 0 Å². The highest BCUT2D eigenvalue weighted by Gasteiger charge is 2.33. The lowest BCUT2D eigenvalue weighted by atomic mass is 10.0. The largest absolute Gasteiger partial charge is 0.493 e. The second kappa shape index (κ2) is 10.5. The van der Waals surface area contributed by atoms with E-state index in [0.29, 0.717) is 36.4 Å². The van der Waals surface area contributed by atoms with Gasteiger partial charge in [0, 0.05) is 23.0 Å². The lowest BCUT2D eigenvalue weighted by Gasteiger charge is -2.34. The smallest absolute Gasteiger partial charge is 0.328 e. The van der Waals surface area contributed by atoms with Crippen molar-refractivity contribution in [2.45, 2.75) is 31.7 Å². The van der Waals surface area contributed by atoms with Crippen molar-refractivity contribution in [3.63, 3.8) is 0 Å². The highest BCUT2D eigenvalue weighted by atomic mass is 79.9. The third-order valence-electron chi connectivity index (χ3n) is 5.21. The number of benzene rings is 2. The van der Waals surface area contributed by atoms with Gasteiger partial charge < -0.3 is 19.1 Å². The van der Waals surface area contributed by atoms with Crippen LogP contribution in [0.3, 0.4) is 0 Å². The number of carbonyl (C=O) groups excluding carboxylic acids is 2. The molecule has 1 unspecified atom stereocenters. The summed E-state index contributed by atoms with van der Waals surface area (Å²) >= 11 is 3.38. The molecular formula is C23H26BrNO5. The first-order chi connectivity index (χ1) is 14.5. The molecule has 2 aromatic carbocycles. The molecule has 1 amide bonds. The van der Waals surface area contributed by atoms with Gasteiger partial charge in [0.2, 0.25) is 0 Å². The molecule has 0 bridgehead atoms. The first-order valence-corrected chi connectivity index (χ1v) is 10.8. The fourth-order valence-electron chi connectivity index (χ4n) is 3.58. The predicted octanol–water partition coefficient (Wildman–Crippen LogP) is 4.25. The van der Waals surface area contributed by atoms with Crippen LogP contribution in [0.15, 0.2) is 46.9 Å². The molecule has 1 heterocycles. The second-order valence-electron chi connectivity index (χ2n) is 7.12. The summed E-state index contributed by atoms with van der Waals surface area (Å²) in [6.07, 6.45) is 2.97. The van der Waals surface area contributed by atoms with E-state index in [9.17, 15) is 9.59 Å². The number of halogens is 1. The summed E-state index contributed by atoms with van der Waals surface area (Å²) in [7, 11) is 3.17. The van der Waals surface area contributed by atoms with Crippen molar-refractivity contribution in [3.05, 3.63) is 58.1 Å². The Hall–Kier alpha value is -2.54. The number of likely N-dealkylation sites (tertiary alicyclic amines) is 1. The molecule has 1 fully saturated rings. The molecule has 1 saturated heterocycles. The van der Waals surface area contributed by atoms with Gasteiger partial charge in [-0.05, 0) is 61.2 Å². The molecule has 1 aliphatic rings. The monoisotopic (exact) mass is 475 g/mol. The van der Waals surface area contributed by atoms with Crippen LogP contribution in [-0.4, -0.2) is 50.2 Å². The van der Waals surface area contributed by atoms with Crippen molar-refractivity contribution in [2.24, 2.45) is 0 Å². The lowest BCUT2D eigenvalue weighted by molar-refractivity contribution is -0.150. The van der Waals surface area contributed by atoms with Gasteiger partial charge in [0.05, 0.1) is 20.8 Å². The van der Waals surface area contributed by atoms with Crippen LogP contribution in [0.2, 0.25) is 0 Å². The Bertz CT molecular complexity index is 884. The van der Waals surface area contributed by atoms with Crippen LogP contribution in [0.25, 0.3) is 0 Å². The van der Waals surface area contributed by atoms with Gasteiger partial charge in [-0.3, -0.25) is 4.79 Å². The molecule has 0 radical (unpaired) electrons. The van der Waals surface area contributed by atoms with Gasteiger partial charge in [-0.15, -0.1) is 0 Å². The SMILES string of the molecule is COc1ccc(CCOC(=O)C2CCCCN2C(=O)c2ccc(Br)cc2)cc1OC. The minimum Gasteiger partial charge on any atom is -0.493 e. The minimum atomic E-state index is -0.541. The molecule has 30 heavy (non-hydrogen) atoms. The minimum absolute atomic E-state index is 0.135. The predicted molar refractivity (Wildman–Crippen MR) is 117 cm³/mol. The van der Waals surface area contributed by atoms with Gasteiger partial charge in [-0.1, -0.05) is 22.0 Å². The van der Waals surface area contributed by atoms with Gasteiger partial charge in [-0.25, -0.2) is 4.79 Å². The van der Waals surface area contributed by atoms with Gasteiger partial charge in [0.1, 0.15) is 6.04 Å². The fraction of sp³-hybridized carbons (Fsp3) is 0.391. The zero-order chi connectivity index (χ0) is 21.5. The van der Waals surface area contributed by atoms with Gasteiger partial charge >= 0.3 is 5.97 Å². The van der Waals surface area contributed by atoms with E-state index in [1.54, 1.807) is 31.3 Å². The van der Waals surface area contributed by atoms with Gasteiger partial charge in [0.15, 0.2) is 11.5 Å². The van der Waals surface area contributed by atoms with Gasteiger partial charge in [-0.2, -0.15) is 0 Å². The summed E-state index contributed by atoms with van der Waals surface area (Å²) in [5.41, 5.74) is 1.55. The number of hydrogen-bond acceptors (Lipinski definition) is 5. The van der Waals surface area contributed by atoms with Crippen LogP contribution >= 0.6 is 15.9 Å². The molecular weight excluding hydrogens is 450 g/mol. The van der Waals surface area contributed by atoms with Crippen molar-refractivity contribution in [2.75, 3.05) is 27.4 Å². The lowest BCUT2D eigenvalue weighted by Crippen LogP contribution is -2.48. The fourth-order valence-corrected chi connectivity index (χ4v) is 3.84. The van der Waals surface area contributed by atoms with Crippen LogP contribution in [0.5, 0.6) is 11.5 Å². The summed E-state index contributed by atoms with van der Waals surface area (Å²) in [6.45, 7) is 0.801. The third-order valence-corrected chi connectivity index (χ3v) is 5.74. The zero-order valence-corrected chi connectivity index (χ0v) is 18.8. The maximum Gasteiger partial charge on any atom is 0.328 e. The molecule has 160 valence electrons. The third kappa shape index (κ3) is 5.33. The van der Waals surface area contributed by atoms with E-state index < -0.39 is 6.04 Å². The molecule has 0 spiro atoms. The summed E-state index contributed by atoms with van der Waals surface area (Å²) < 4.78 is 17.0. The Balaban J connectivity index is 1.60. The molecule has 0 saturated carbocycles. The summed E-state index contributed by atoms with van der Waals surface area (Å²) in [5, 5.41) is 0. The Morgan fingerprint density at radius 2 is 1.77 bits per heavy atom. The van der Waals surface area contributed by atoms with Crippen LogP contribution < -0.4 is 9.47 Å². The molecule has 2 aromatic rings. The van der Waals surface area contributed by atoms with Crippen LogP contribution in [-0.2, 0) is 16.0 Å². The van der Waals surface area contributed by atoms with Crippen LogP contribution in [0.4, 0.5) is 0 Å². The molecule has 1 atom stereocenters. The van der Waals surface area contributed by atoms with Crippen molar-refractivity contribution in [1.82, 2.24) is 4.90 Å². The maximum absolute atomic E-state index is 12.9. The van der Waals surface area contributed by atoms with E-state index in [0.717, 1.165) is 22.9 Å². The number of nitrogens with zero attached hydrogens (tertiary/aromatic N) is 1. The van der Waals surface area contributed by atoms with Gasteiger partial charge in [0.25, 0.3) is 5.91 Å². The number of hydrogen-bond donors (Lipinski definition) is 0. The average molecular weight is 476 g/mol. The second-order valence-corrected chi connectivity index (χ2v) is 8.04. The van der Waals surface area contributed by atoms with E-state index in [-0.39, 0.29) is 18.5 Å². The quantitative estimate of drug-likeness (QED) is 0.560. The molecule has 3 rings (SSSR count). The zero-order valence-electron chi connectivity index (χ0n) is 17.2. The Morgan fingerprint density at radius 1 is 1.03 bits per heavy atom. The van der Waals surface area contributed by atoms with E-state index in [1.165, 1.54) is 0 Å². The molecule has 0 aliphatic carbocycles. The normalized spacial score (nSPS) is 16.1. The number of amides is 1. The van der Waals surface area contributed by atoms with E-state index in [2.05, 4.69) is 15.9 Å². The summed E-state index contributed by atoms with van der Waals surface area (Å²) in [4.78, 5) is 27.3. The number of esters is 1. The molecule has 0 N–H and O–H groups in total.